The third kappa shape index (κ3) is 4.51. The second kappa shape index (κ2) is 9.01. The largest absolute Gasteiger partial charge is 0.496 e. The summed E-state index contributed by atoms with van der Waals surface area (Å²) in [7, 11) is 1.53. The zero-order valence-corrected chi connectivity index (χ0v) is 18.2. The maximum atomic E-state index is 11.7. The molecule has 0 amide bonds. The summed E-state index contributed by atoms with van der Waals surface area (Å²) in [6.45, 7) is 4.70. The Labute approximate surface area is 184 Å². The number of hydrogen-bond donors (Lipinski definition) is 1. The Hall–Kier alpha value is -4.00. The van der Waals surface area contributed by atoms with Gasteiger partial charge in [-0.25, -0.2) is 14.6 Å². The lowest BCUT2D eigenvalue weighted by Gasteiger charge is -2.13. The quantitative estimate of drug-likeness (QED) is 0.476. The minimum atomic E-state index is -0.794. The summed E-state index contributed by atoms with van der Waals surface area (Å²) >= 11 is 0. The molecule has 0 atom stereocenters. The number of rotatable bonds is 7. The molecule has 0 radical (unpaired) electrons. The van der Waals surface area contributed by atoms with Crippen LogP contribution in [-0.2, 0) is 13.2 Å². The van der Waals surface area contributed by atoms with E-state index in [0.717, 1.165) is 15.9 Å². The third-order valence-electron chi connectivity index (χ3n) is 5.30. The SMILES string of the molecule is COc1cc(OCc2cccc(-c3c(C)cccc3C)c2)ccc1Cn1oc(=O)[nH]c1=O. The highest BCUT2D eigenvalue weighted by Gasteiger charge is 2.11. The lowest BCUT2D eigenvalue weighted by atomic mass is 9.95. The number of methoxy groups -OCH3 is 1. The van der Waals surface area contributed by atoms with Gasteiger partial charge in [0.2, 0.25) is 0 Å². The average Bonchev–Trinajstić information content (AvgIpc) is 3.09. The van der Waals surface area contributed by atoms with Crippen molar-refractivity contribution < 1.29 is 14.0 Å². The molecule has 7 nitrogen and oxygen atoms in total. The van der Waals surface area contributed by atoms with Crippen molar-refractivity contribution in [3.8, 4) is 22.6 Å². The van der Waals surface area contributed by atoms with E-state index in [4.69, 9.17) is 14.0 Å². The highest BCUT2D eigenvalue weighted by Crippen LogP contribution is 2.29. The van der Waals surface area contributed by atoms with Gasteiger partial charge in [0, 0.05) is 11.6 Å². The standard InChI is InChI=1S/C25H24N2O5/c1-16-6-4-7-17(2)23(16)19-9-5-8-18(12-19)15-31-21-11-10-20(22(13-21)30-3)14-27-24(28)26-25(29)32-27/h4-13H,14-15H2,1-3H3,(H,26,28,29). The van der Waals surface area contributed by atoms with Gasteiger partial charge in [-0.2, -0.15) is 0 Å². The monoisotopic (exact) mass is 432 g/mol. The fourth-order valence-corrected chi connectivity index (χ4v) is 3.77. The molecule has 1 heterocycles. The van der Waals surface area contributed by atoms with Crippen LogP contribution >= 0.6 is 0 Å². The number of aromatic amines is 1. The molecular weight excluding hydrogens is 408 g/mol. The molecule has 0 unspecified atom stereocenters. The van der Waals surface area contributed by atoms with Crippen molar-refractivity contribution in [2.24, 2.45) is 0 Å². The van der Waals surface area contributed by atoms with Crippen LogP contribution in [0, 0.1) is 13.8 Å². The van der Waals surface area contributed by atoms with Crippen molar-refractivity contribution in [2.75, 3.05) is 7.11 Å². The van der Waals surface area contributed by atoms with Crippen molar-refractivity contribution in [1.82, 2.24) is 9.72 Å². The van der Waals surface area contributed by atoms with Crippen LogP contribution in [0.1, 0.15) is 22.3 Å². The Morgan fingerprint density at radius 2 is 1.72 bits per heavy atom. The maximum Gasteiger partial charge on any atom is 0.440 e. The van der Waals surface area contributed by atoms with Crippen LogP contribution in [0.15, 0.2) is 74.8 Å². The smallest absolute Gasteiger partial charge is 0.440 e. The molecule has 1 N–H and O–H groups in total. The Morgan fingerprint density at radius 3 is 2.41 bits per heavy atom. The molecule has 0 saturated heterocycles. The van der Waals surface area contributed by atoms with Crippen LogP contribution in [0.2, 0.25) is 0 Å². The summed E-state index contributed by atoms with van der Waals surface area (Å²) in [5.41, 5.74) is 6.00. The van der Waals surface area contributed by atoms with Crippen LogP contribution in [0.3, 0.4) is 0 Å². The van der Waals surface area contributed by atoms with Crippen molar-refractivity contribution in [3.63, 3.8) is 0 Å². The normalized spacial score (nSPS) is 10.8. The first-order valence-corrected chi connectivity index (χ1v) is 10.2. The Morgan fingerprint density at radius 1 is 0.969 bits per heavy atom. The van der Waals surface area contributed by atoms with E-state index in [2.05, 4.69) is 49.2 Å². The molecule has 4 aromatic rings. The fraction of sp³-hybridized carbons (Fsp3) is 0.200. The lowest BCUT2D eigenvalue weighted by molar-refractivity contribution is 0.255. The van der Waals surface area contributed by atoms with Gasteiger partial charge in [-0.1, -0.05) is 36.4 Å². The van der Waals surface area contributed by atoms with E-state index in [0.29, 0.717) is 23.7 Å². The van der Waals surface area contributed by atoms with E-state index in [1.165, 1.54) is 23.8 Å². The van der Waals surface area contributed by atoms with Gasteiger partial charge in [0.15, 0.2) is 0 Å². The van der Waals surface area contributed by atoms with Crippen LogP contribution in [0.25, 0.3) is 11.1 Å². The van der Waals surface area contributed by atoms with Crippen molar-refractivity contribution in [1.29, 1.82) is 0 Å². The summed E-state index contributed by atoms with van der Waals surface area (Å²) in [6, 6.07) is 19.9. The second-order valence-corrected chi connectivity index (χ2v) is 7.58. The molecule has 1 aromatic heterocycles. The van der Waals surface area contributed by atoms with Crippen LogP contribution in [0.4, 0.5) is 0 Å². The average molecular weight is 432 g/mol. The molecule has 4 rings (SSSR count). The van der Waals surface area contributed by atoms with Crippen LogP contribution in [-0.4, -0.2) is 16.8 Å². The van der Waals surface area contributed by atoms with Crippen molar-refractivity contribution >= 4 is 0 Å². The van der Waals surface area contributed by atoms with Crippen LogP contribution < -0.4 is 20.9 Å². The minimum Gasteiger partial charge on any atom is -0.496 e. The molecule has 164 valence electrons. The highest BCUT2D eigenvalue weighted by molar-refractivity contribution is 5.71. The number of aryl methyl sites for hydroxylation is 2. The molecule has 0 bridgehead atoms. The Balaban J connectivity index is 1.51. The van der Waals surface area contributed by atoms with E-state index < -0.39 is 11.4 Å². The molecule has 32 heavy (non-hydrogen) atoms. The summed E-state index contributed by atoms with van der Waals surface area (Å²) in [5, 5.41) is 0. The predicted octanol–water partition coefficient (Wildman–Crippen LogP) is 4.05. The predicted molar refractivity (Wildman–Crippen MR) is 121 cm³/mol. The first-order valence-electron chi connectivity index (χ1n) is 10.2. The Kier molecular flexibility index (Phi) is 5.98. The molecule has 0 aliphatic heterocycles. The first kappa shape index (κ1) is 21.2. The zero-order valence-electron chi connectivity index (χ0n) is 18.2. The molecule has 0 aliphatic rings. The van der Waals surface area contributed by atoms with Gasteiger partial charge in [0.05, 0.1) is 13.7 Å². The van der Waals surface area contributed by atoms with Gasteiger partial charge >= 0.3 is 11.4 Å². The number of nitrogens with one attached hydrogen (secondary N) is 1. The van der Waals surface area contributed by atoms with E-state index in [9.17, 15) is 9.59 Å². The fourth-order valence-electron chi connectivity index (χ4n) is 3.77. The Bertz CT molecular complexity index is 1340. The summed E-state index contributed by atoms with van der Waals surface area (Å²) in [5.74, 6) is 0.366. The highest BCUT2D eigenvalue weighted by atomic mass is 16.5. The van der Waals surface area contributed by atoms with Gasteiger partial charge in [-0.3, -0.25) is 0 Å². The topological polar surface area (TPSA) is 86.5 Å². The molecule has 0 saturated carbocycles. The zero-order chi connectivity index (χ0) is 22.7. The van der Waals surface area contributed by atoms with E-state index in [-0.39, 0.29) is 6.54 Å². The number of hydrogen-bond acceptors (Lipinski definition) is 5. The molecular formula is C25H24N2O5. The summed E-state index contributed by atoms with van der Waals surface area (Å²) in [6.07, 6.45) is 0. The van der Waals surface area contributed by atoms with E-state index in [1.54, 1.807) is 18.2 Å². The summed E-state index contributed by atoms with van der Waals surface area (Å²) in [4.78, 5) is 24.9. The maximum absolute atomic E-state index is 11.7. The molecule has 7 heteroatoms. The number of aromatic nitrogens is 2. The van der Waals surface area contributed by atoms with Gasteiger partial charge in [0.1, 0.15) is 18.1 Å². The number of benzene rings is 3. The number of nitrogens with zero attached hydrogens (tertiary/aromatic N) is 1. The number of H-pyrrole nitrogens is 1. The van der Waals surface area contributed by atoms with Gasteiger partial charge in [0.25, 0.3) is 0 Å². The van der Waals surface area contributed by atoms with Crippen molar-refractivity contribution in [3.05, 3.63) is 104 Å². The van der Waals surface area contributed by atoms with Gasteiger partial charge in [-0.05, 0) is 59.9 Å². The lowest BCUT2D eigenvalue weighted by Crippen LogP contribution is -2.17. The molecule has 0 fully saturated rings. The van der Waals surface area contributed by atoms with Gasteiger partial charge in [-0.15, -0.1) is 4.74 Å². The second-order valence-electron chi connectivity index (χ2n) is 7.58. The number of ether oxygens (including phenoxy) is 2. The third-order valence-corrected chi connectivity index (χ3v) is 5.30. The summed E-state index contributed by atoms with van der Waals surface area (Å²) < 4.78 is 17.2. The van der Waals surface area contributed by atoms with Gasteiger partial charge < -0.3 is 14.0 Å². The molecule has 0 aliphatic carbocycles. The molecule has 0 spiro atoms. The molecule has 3 aromatic carbocycles. The van der Waals surface area contributed by atoms with E-state index in [1.807, 2.05) is 12.1 Å². The first-order chi connectivity index (χ1) is 15.4. The minimum absolute atomic E-state index is 0.0683. The van der Waals surface area contributed by atoms with Crippen molar-refractivity contribution in [2.45, 2.75) is 27.0 Å². The van der Waals surface area contributed by atoms with Crippen LogP contribution in [0.5, 0.6) is 11.5 Å². The van der Waals surface area contributed by atoms with E-state index >= 15 is 0 Å².